The first-order valence-electron chi connectivity index (χ1n) is 12.8. The number of nitrogen functional groups attached to an aromatic ring is 1. The van der Waals surface area contributed by atoms with E-state index in [0.29, 0.717) is 24.8 Å². The number of unbranched alkanes of at least 4 members (excludes halogenated alkanes) is 1. The third kappa shape index (κ3) is 6.16. The maximum absolute atomic E-state index is 13.7. The van der Waals surface area contributed by atoms with Crippen molar-refractivity contribution < 1.29 is 9.53 Å². The highest BCUT2D eigenvalue weighted by Crippen LogP contribution is 2.35. The fourth-order valence-electron chi connectivity index (χ4n) is 4.16. The summed E-state index contributed by atoms with van der Waals surface area (Å²) in [6, 6.07) is 20.1. The van der Waals surface area contributed by atoms with Gasteiger partial charge >= 0.3 is 0 Å². The standard InChI is InChI=1S/C28H33N3O2.C2H6/c1-4-5-16-33-27-18-22(10-12-23(27)21-11-13-24(29)19(2)17-21)28(32)31-15-14-20(3)30-25-8-6-7-9-26(25)31;1-2/h6-13,17-18,20,30H,4-5,14-16,29H2,1-3H3;1-2H3. The molecule has 3 aromatic rings. The number of benzene rings is 3. The minimum Gasteiger partial charge on any atom is -0.493 e. The Balaban J connectivity index is 0.00000167. The first kappa shape index (κ1) is 26.1. The van der Waals surface area contributed by atoms with Gasteiger partial charge in [-0.2, -0.15) is 0 Å². The molecule has 1 atom stereocenters. The highest BCUT2D eigenvalue weighted by molar-refractivity contribution is 6.08. The third-order valence-corrected chi connectivity index (χ3v) is 6.19. The molecular weight excluding hydrogens is 434 g/mol. The van der Waals surface area contributed by atoms with Crippen LogP contribution in [0.4, 0.5) is 17.1 Å². The van der Waals surface area contributed by atoms with Gasteiger partial charge in [-0.1, -0.05) is 45.4 Å². The molecule has 1 aliphatic rings. The molecule has 0 fully saturated rings. The summed E-state index contributed by atoms with van der Waals surface area (Å²) in [6.45, 7) is 11.6. The number of amides is 1. The van der Waals surface area contributed by atoms with E-state index in [9.17, 15) is 4.79 Å². The number of aryl methyl sites for hydroxylation is 1. The van der Waals surface area contributed by atoms with Crippen LogP contribution in [0.15, 0.2) is 60.7 Å². The molecule has 1 amide bonds. The van der Waals surface area contributed by atoms with Gasteiger partial charge in [0, 0.05) is 29.4 Å². The van der Waals surface area contributed by atoms with Crippen LogP contribution in [0.1, 0.15) is 62.9 Å². The predicted octanol–water partition coefficient (Wildman–Crippen LogP) is 7.30. The van der Waals surface area contributed by atoms with Gasteiger partial charge in [-0.15, -0.1) is 0 Å². The second kappa shape index (κ2) is 12.3. The number of para-hydroxylation sites is 2. The maximum Gasteiger partial charge on any atom is 0.258 e. The number of anilines is 3. The number of rotatable bonds is 6. The Hall–Kier alpha value is -3.47. The van der Waals surface area contributed by atoms with Crippen LogP contribution in [0.25, 0.3) is 11.1 Å². The first-order valence-corrected chi connectivity index (χ1v) is 12.8. The molecule has 1 heterocycles. The van der Waals surface area contributed by atoms with E-state index in [0.717, 1.165) is 58.8 Å². The van der Waals surface area contributed by atoms with Gasteiger partial charge in [-0.05, 0) is 80.3 Å². The second-order valence-corrected chi connectivity index (χ2v) is 8.79. The van der Waals surface area contributed by atoms with E-state index in [1.54, 1.807) is 0 Å². The van der Waals surface area contributed by atoms with E-state index in [4.69, 9.17) is 10.5 Å². The highest BCUT2D eigenvalue weighted by Gasteiger charge is 2.25. The van der Waals surface area contributed by atoms with Crippen molar-refractivity contribution in [1.29, 1.82) is 0 Å². The van der Waals surface area contributed by atoms with Crippen molar-refractivity contribution in [3.05, 3.63) is 71.8 Å². The molecular formula is C30H39N3O2. The van der Waals surface area contributed by atoms with Crippen LogP contribution in [0.5, 0.6) is 5.75 Å². The average Bonchev–Trinajstić information content (AvgIpc) is 3.05. The number of hydrogen-bond acceptors (Lipinski definition) is 4. The van der Waals surface area contributed by atoms with Gasteiger partial charge in [0.2, 0.25) is 0 Å². The van der Waals surface area contributed by atoms with Crippen LogP contribution in [-0.4, -0.2) is 25.1 Å². The van der Waals surface area contributed by atoms with Crippen LogP contribution >= 0.6 is 0 Å². The Morgan fingerprint density at radius 3 is 2.63 bits per heavy atom. The number of hydrogen-bond donors (Lipinski definition) is 2. The summed E-state index contributed by atoms with van der Waals surface area (Å²) in [6.07, 6.45) is 2.88. The topological polar surface area (TPSA) is 67.6 Å². The van der Waals surface area contributed by atoms with Gasteiger partial charge in [-0.3, -0.25) is 4.79 Å². The number of ether oxygens (including phenoxy) is 1. The largest absolute Gasteiger partial charge is 0.493 e. The fourth-order valence-corrected chi connectivity index (χ4v) is 4.16. The Bertz CT molecular complexity index is 1140. The van der Waals surface area contributed by atoms with Crippen molar-refractivity contribution in [3.63, 3.8) is 0 Å². The Morgan fingerprint density at radius 2 is 1.89 bits per heavy atom. The summed E-state index contributed by atoms with van der Waals surface area (Å²) < 4.78 is 6.18. The van der Waals surface area contributed by atoms with Crippen molar-refractivity contribution in [2.45, 2.75) is 59.9 Å². The van der Waals surface area contributed by atoms with Crippen molar-refractivity contribution >= 4 is 23.0 Å². The zero-order chi connectivity index (χ0) is 25.4. The van der Waals surface area contributed by atoms with Gasteiger partial charge in [0.05, 0.1) is 18.0 Å². The summed E-state index contributed by atoms with van der Waals surface area (Å²) in [5.41, 5.74) is 12.3. The summed E-state index contributed by atoms with van der Waals surface area (Å²) in [7, 11) is 0. The molecule has 4 rings (SSSR count). The molecule has 0 bridgehead atoms. The predicted molar refractivity (Wildman–Crippen MR) is 149 cm³/mol. The van der Waals surface area contributed by atoms with E-state index in [-0.39, 0.29) is 5.91 Å². The van der Waals surface area contributed by atoms with Crippen LogP contribution in [0.2, 0.25) is 0 Å². The number of nitrogens with two attached hydrogens (primary N) is 1. The number of nitrogens with one attached hydrogen (secondary N) is 1. The molecule has 5 nitrogen and oxygen atoms in total. The molecule has 0 radical (unpaired) electrons. The minimum atomic E-state index is -0.0151. The van der Waals surface area contributed by atoms with E-state index < -0.39 is 0 Å². The number of carbonyl (C=O) groups excluding carboxylic acids is 1. The Morgan fingerprint density at radius 1 is 1.11 bits per heavy atom. The van der Waals surface area contributed by atoms with E-state index in [1.165, 1.54) is 0 Å². The lowest BCUT2D eigenvalue weighted by Gasteiger charge is -2.23. The van der Waals surface area contributed by atoms with Crippen molar-refractivity contribution in [2.75, 3.05) is 29.1 Å². The number of fused-ring (bicyclic) bond motifs is 1. The Labute approximate surface area is 210 Å². The lowest BCUT2D eigenvalue weighted by molar-refractivity contribution is 0.0986. The van der Waals surface area contributed by atoms with Crippen molar-refractivity contribution in [1.82, 2.24) is 0 Å². The van der Waals surface area contributed by atoms with Gasteiger partial charge in [0.1, 0.15) is 5.75 Å². The molecule has 0 spiro atoms. The van der Waals surface area contributed by atoms with Gasteiger partial charge in [0.15, 0.2) is 0 Å². The minimum absolute atomic E-state index is 0.0151. The van der Waals surface area contributed by atoms with Crippen LogP contribution in [0.3, 0.4) is 0 Å². The molecule has 0 saturated heterocycles. The lowest BCUT2D eigenvalue weighted by Crippen LogP contribution is -2.32. The molecule has 3 N–H and O–H groups in total. The molecule has 1 aliphatic heterocycles. The molecule has 186 valence electrons. The van der Waals surface area contributed by atoms with Crippen LogP contribution < -0.4 is 20.7 Å². The van der Waals surface area contributed by atoms with E-state index in [1.807, 2.05) is 80.3 Å². The summed E-state index contributed by atoms with van der Waals surface area (Å²) in [5, 5.41) is 3.52. The summed E-state index contributed by atoms with van der Waals surface area (Å²) in [5.74, 6) is 0.715. The normalized spacial score (nSPS) is 14.7. The SMILES string of the molecule is CC.CCCCOc1cc(C(=O)N2CCC(C)Nc3ccccc32)ccc1-c1ccc(N)c(C)c1. The van der Waals surface area contributed by atoms with Gasteiger partial charge in [-0.25, -0.2) is 0 Å². The molecule has 3 aromatic carbocycles. The number of carbonyl (C=O) groups is 1. The molecule has 1 unspecified atom stereocenters. The smallest absolute Gasteiger partial charge is 0.258 e. The third-order valence-electron chi connectivity index (χ3n) is 6.19. The van der Waals surface area contributed by atoms with Crippen LogP contribution in [0, 0.1) is 6.92 Å². The maximum atomic E-state index is 13.7. The monoisotopic (exact) mass is 473 g/mol. The number of nitrogens with zero attached hydrogens (tertiary/aromatic N) is 1. The Kier molecular flexibility index (Phi) is 9.18. The summed E-state index contributed by atoms with van der Waals surface area (Å²) in [4.78, 5) is 15.6. The zero-order valence-corrected chi connectivity index (χ0v) is 21.7. The zero-order valence-electron chi connectivity index (χ0n) is 21.7. The molecule has 5 heteroatoms. The second-order valence-electron chi connectivity index (χ2n) is 8.79. The van der Waals surface area contributed by atoms with E-state index >= 15 is 0 Å². The quantitative estimate of drug-likeness (QED) is 0.291. The molecule has 0 aliphatic carbocycles. The fraction of sp³-hybridized carbons (Fsp3) is 0.367. The van der Waals surface area contributed by atoms with E-state index in [2.05, 4.69) is 25.2 Å². The highest BCUT2D eigenvalue weighted by atomic mass is 16.5. The summed E-state index contributed by atoms with van der Waals surface area (Å²) >= 11 is 0. The van der Waals surface area contributed by atoms with Crippen LogP contribution in [-0.2, 0) is 0 Å². The van der Waals surface area contributed by atoms with Gasteiger partial charge < -0.3 is 20.7 Å². The van der Waals surface area contributed by atoms with Crippen molar-refractivity contribution in [3.8, 4) is 16.9 Å². The molecule has 0 aromatic heterocycles. The molecule has 0 saturated carbocycles. The average molecular weight is 474 g/mol. The lowest BCUT2D eigenvalue weighted by atomic mass is 9.99. The molecule has 35 heavy (non-hydrogen) atoms. The van der Waals surface area contributed by atoms with Gasteiger partial charge in [0.25, 0.3) is 5.91 Å². The van der Waals surface area contributed by atoms with Crippen molar-refractivity contribution in [2.24, 2.45) is 0 Å². The first-order chi connectivity index (χ1) is 17.0.